The van der Waals surface area contributed by atoms with E-state index >= 15 is 0 Å². The van der Waals surface area contributed by atoms with Gasteiger partial charge in [0.05, 0.1) is 6.20 Å². The summed E-state index contributed by atoms with van der Waals surface area (Å²) in [5.74, 6) is 0.435. The Morgan fingerprint density at radius 1 is 1.00 bits per heavy atom. The number of nitrogen functional groups attached to an aromatic ring is 1. The molecular formula is C18H14N5. The third-order valence-corrected chi connectivity index (χ3v) is 3.85. The van der Waals surface area contributed by atoms with Crippen LogP contribution >= 0.6 is 0 Å². The Morgan fingerprint density at radius 2 is 1.78 bits per heavy atom. The molecule has 0 bridgehead atoms. The minimum atomic E-state index is 0.435. The molecular weight excluding hydrogens is 286 g/mol. The van der Waals surface area contributed by atoms with E-state index in [-0.39, 0.29) is 0 Å². The summed E-state index contributed by atoms with van der Waals surface area (Å²) in [6.07, 6.45) is 7.24. The van der Waals surface area contributed by atoms with E-state index in [1.165, 1.54) is 0 Å². The number of aryl methyl sites for hydroxylation is 1. The molecule has 0 aliphatic heterocycles. The van der Waals surface area contributed by atoms with Gasteiger partial charge in [-0.25, -0.2) is 4.98 Å². The number of fused-ring (bicyclic) bond motifs is 1. The molecule has 0 aliphatic rings. The SMILES string of the molecule is Cn1cc(-c2ccc(-c3cnc(N)c4nc[c]cc34)cc2)cn1. The van der Waals surface area contributed by atoms with Crippen molar-refractivity contribution in [3.05, 3.63) is 61.2 Å². The van der Waals surface area contributed by atoms with Crippen molar-refractivity contribution in [1.82, 2.24) is 19.7 Å². The third kappa shape index (κ3) is 2.32. The maximum absolute atomic E-state index is 5.91. The number of pyridine rings is 2. The molecule has 4 rings (SSSR count). The molecule has 5 heteroatoms. The maximum atomic E-state index is 5.91. The second-order valence-corrected chi connectivity index (χ2v) is 5.37. The van der Waals surface area contributed by atoms with Crippen LogP contribution in [-0.2, 0) is 7.05 Å². The summed E-state index contributed by atoms with van der Waals surface area (Å²) in [6.45, 7) is 0. The first-order valence-corrected chi connectivity index (χ1v) is 7.22. The molecule has 0 amide bonds. The molecule has 0 spiro atoms. The van der Waals surface area contributed by atoms with Gasteiger partial charge in [-0.1, -0.05) is 24.3 Å². The van der Waals surface area contributed by atoms with Gasteiger partial charge in [0.1, 0.15) is 11.3 Å². The molecule has 2 N–H and O–H groups in total. The highest BCUT2D eigenvalue weighted by Gasteiger charge is 2.09. The highest BCUT2D eigenvalue weighted by molar-refractivity contribution is 5.98. The molecule has 0 atom stereocenters. The number of nitrogens with zero attached hydrogens (tertiary/aromatic N) is 4. The Labute approximate surface area is 133 Å². The summed E-state index contributed by atoms with van der Waals surface area (Å²) in [6, 6.07) is 13.2. The fourth-order valence-electron chi connectivity index (χ4n) is 2.68. The van der Waals surface area contributed by atoms with Crippen LogP contribution < -0.4 is 5.73 Å². The largest absolute Gasteiger partial charge is 0.382 e. The predicted molar refractivity (Wildman–Crippen MR) is 90.4 cm³/mol. The zero-order valence-corrected chi connectivity index (χ0v) is 12.6. The highest BCUT2D eigenvalue weighted by Crippen LogP contribution is 2.30. The molecule has 0 saturated carbocycles. The molecule has 5 nitrogen and oxygen atoms in total. The van der Waals surface area contributed by atoms with Crippen molar-refractivity contribution in [3.63, 3.8) is 0 Å². The second-order valence-electron chi connectivity index (χ2n) is 5.37. The molecule has 1 aromatic carbocycles. The summed E-state index contributed by atoms with van der Waals surface area (Å²) in [5.41, 5.74) is 10.9. The number of anilines is 1. The van der Waals surface area contributed by atoms with Crippen LogP contribution in [0.3, 0.4) is 0 Å². The van der Waals surface area contributed by atoms with Gasteiger partial charge in [0.2, 0.25) is 0 Å². The van der Waals surface area contributed by atoms with E-state index in [9.17, 15) is 0 Å². The van der Waals surface area contributed by atoms with Crippen LogP contribution in [-0.4, -0.2) is 19.7 Å². The standard InChI is InChI=1S/C18H14N5/c1-23-11-14(9-22-23)12-4-6-13(7-5-12)16-10-21-18(19)17-15(16)3-2-8-20-17/h3-11H,1H3,(H2,19,21). The summed E-state index contributed by atoms with van der Waals surface area (Å²) in [4.78, 5) is 8.54. The number of aromatic nitrogens is 4. The van der Waals surface area contributed by atoms with Gasteiger partial charge in [0.15, 0.2) is 0 Å². The van der Waals surface area contributed by atoms with E-state index in [4.69, 9.17) is 5.73 Å². The van der Waals surface area contributed by atoms with Gasteiger partial charge in [0.25, 0.3) is 0 Å². The molecule has 3 heterocycles. The second kappa shape index (κ2) is 5.21. The molecule has 0 saturated heterocycles. The molecule has 1 radical (unpaired) electrons. The zero-order valence-electron chi connectivity index (χ0n) is 12.6. The summed E-state index contributed by atoms with van der Waals surface area (Å²) >= 11 is 0. The van der Waals surface area contributed by atoms with Gasteiger partial charge >= 0.3 is 0 Å². The monoisotopic (exact) mass is 300 g/mol. The van der Waals surface area contributed by atoms with Crippen LogP contribution in [0.5, 0.6) is 0 Å². The lowest BCUT2D eigenvalue weighted by molar-refractivity contribution is 0.768. The summed E-state index contributed by atoms with van der Waals surface area (Å²) < 4.78 is 1.79. The molecule has 0 unspecified atom stereocenters. The van der Waals surface area contributed by atoms with Crippen molar-refractivity contribution in [2.75, 3.05) is 5.73 Å². The van der Waals surface area contributed by atoms with E-state index < -0.39 is 0 Å². The third-order valence-electron chi connectivity index (χ3n) is 3.85. The van der Waals surface area contributed by atoms with Crippen molar-refractivity contribution in [2.45, 2.75) is 0 Å². The van der Waals surface area contributed by atoms with Crippen molar-refractivity contribution >= 4 is 16.7 Å². The minimum Gasteiger partial charge on any atom is -0.382 e. The van der Waals surface area contributed by atoms with Crippen LogP contribution in [0.15, 0.2) is 55.1 Å². The van der Waals surface area contributed by atoms with Crippen LogP contribution in [0, 0.1) is 6.07 Å². The smallest absolute Gasteiger partial charge is 0.149 e. The number of benzene rings is 1. The Morgan fingerprint density at radius 3 is 2.52 bits per heavy atom. The minimum absolute atomic E-state index is 0.435. The Kier molecular flexibility index (Phi) is 3.05. The van der Waals surface area contributed by atoms with E-state index in [2.05, 4.69) is 45.4 Å². The van der Waals surface area contributed by atoms with Crippen molar-refractivity contribution in [2.24, 2.45) is 7.05 Å². The van der Waals surface area contributed by atoms with Gasteiger partial charge in [-0.2, -0.15) is 5.10 Å². The first-order chi connectivity index (χ1) is 11.2. The van der Waals surface area contributed by atoms with E-state index in [0.717, 1.165) is 27.6 Å². The normalized spacial score (nSPS) is 11.0. The van der Waals surface area contributed by atoms with Crippen molar-refractivity contribution in [1.29, 1.82) is 0 Å². The lowest BCUT2D eigenvalue weighted by Crippen LogP contribution is -1.95. The Hall–Kier alpha value is -3.21. The fraction of sp³-hybridized carbons (Fsp3) is 0.0556. The Balaban J connectivity index is 1.81. The number of nitrogens with two attached hydrogens (primary N) is 1. The van der Waals surface area contributed by atoms with Gasteiger partial charge in [-0.3, -0.25) is 9.67 Å². The van der Waals surface area contributed by atoms with E-state index in [1.54, 1.807) is 17.1 Å². The van der Waals surface area contributed by atoms with E-state index in [0.29, 0.717) is 11.3 Å². The van der Waals surface area contributed by atoms with Crippen molar-refractivity contribution in [3.8, 4) is 22.3 Å². The maximum Gasteiger partial charge on any atom is 0.149 e. The summed E-state index contributed by atoms with van der Waals surface area (Å²) in [5, 5.41) is 5.16. The number of rotatable bonds is 2. The lowest BCUT2D eigenvalue weighted by Gasteiger charge is -2.08. The van der Waals surface area contributed by atoms with E-state index in [1.807, 2.05) is 25.5 Å². The van der Waals surface area contributed by atoms with Crippen LogP contribution in [0.1, 0.15) is 0 Å². The van der Waals surface area contributed by atoms with Gasteiger partial charge in [0, 0.05) is 48.2 Å². The molecule has 3 aromatic heterocycles. The average molecular weight is 300 g/mol. The lowest BCUT2D eigenvalue weighted by atomic mass is 10.00. The first-order valence-electron chi connectivity index (χ1n) is 7.22. The average Bonchev–Trinajstić information content (AvgIpc) is 3.02. The van der Waals surface area contributed by atoms with Gasteiger partial charge in [-0.15, -0.1) is 0 Å². The molecule has 111 valence electrons. The van der Waals surface area contributed by atoms with Crippen molar-refractivity contribution < 1.29 is 0 Å². The molecule has 0 fully saturated rings. The summed E-state index contributed by atoms with van der Waals surface area (Å²) in [7, 11) is 1.91. The number of hydrogen-bond acceptors (Lipinski definition) is 4. The molecule has 23 heavy (non-hydrogen) atoms. The van der Waals surface area contributed by atoms with Crippen LogP contribution in [0.2, 0.25) is 0 Å². The van der Waals surface area contributed by atoms with Crippen LogP contribution in [0.25, 0.3) is 33.2 Å². The fourth-order valence-corrected chi connectivity index (χ4v) is 2.68. The Bertz CT molecular complexity index is 986. The topological polar surface area (TPSA) is 69.6 Å². The quantitative estimate of drug-likeness (QED) is 0.617. The van der Waals surface area contributed by atoms with Gasteiger partial charge < -0.3 is 5.73 Å². The number of hydrogen-bond donors (Lipinski definition) is 1. The highest BCUT2D eigenvalue weighted by atomic mass is 15.2. The molecule has 0 aliphatic carbocycles. The predicted octanol–water partition coefficient (Wildman–Crippen LogP) is 3.08. The first kappa shape index (κ1) is 13.5. The zero-order chi connectivity index (χ0) is 15.8. The van der Waals surface area contributed by atoms with Gasteiger partial charge in [-0.05, 0) is 17.2 Å². The molecule has 4 aromatic rings. The van der Waals surface area contributed by atoms with Crippen LogP contribution in [0.4, 0.5) is 5.82 Å².